The van der Waals surface area contributed by atoms with Crippen molar-refractivity contribution < 1.29 is 4.42 Å². The molecule has 2 aromatic carbocycles. The van der Waals surface area contributed by atoms with Crippen LogP contribution in [0.1, 0.15) is 36.8 Å². The summed E-state index contributed by atoms with van der Waals surface area (Å²) in [6.45, 7) is 3.70. The Hall–Kier alpha value is -3.42. The van der Waals surface area contributed by atoms with Gasteiger partial charge in [0.15, 0.2) is 0 Å². The Kier molecular flexibility index (Phi) is 10.9. The second kappa shape index (κ2) is 14.4. The Bertz CT molecular complexity index is 1060. The van der Waals surface area contributed by atoms with Gasteiger partial charge in [0.25, 0.3) is 0 Å². The molecule has 4 N–H and O–H groups in total. The molecule has 3 aromatic rings. The highest BCUT2D eigenvalue weighted by atomic mass is 16.3. The molecule has 0 aliphatic heterocycles. The molecule has 1 heterocycles. The number of nitrogens with one attached hydrogen (secondary N) is 4. The molecule has 7 nitrogen and oxygen atoms in total. The van der Waals surface area contributed by atoms with E-state index < -0.39 is 0 Å². The van der Waals surface area contributed by atoms with Gasteiger partial charge in [-0.3, -0.25) is 10.8 Å². The first-order valence-electron chi connectivity index (χ1n) is 13.1. The highest BCUT2D eigenvalue weighted by Gasteiger charge is 2.11. The lowest BCUT2D eigenvalue weighted by atomic mass is 10.1. The highest BCUT2D eigenvalue weighted by molar-refractivity contribution is 5.98. The number of rotatable bonds is 14. The molecule has 3 rings (SSSR count). The van der Waals surface area contributed by atoms with E-state index in [0.29, 0.717) is 11.7 Å². The van der Waals surface area contributed by atoms with E-state index in [1.54, 1.807) is 0 Å². The van der Waals surface area contributed by atoms with Gasteiger partial charge in [-0.1, -0.05) is 36.4 Å². The lowest BCUT2D eigenvalue weighted by Crippen LogP contribution is -2.25. The molecule has 0 amide bonds. The summed E-state index contributed by atoms with van der Waals surface area (Å²) in [6.07, 6.45) is 4.28. The number of benzene rings is 2. The summed E-state index contributed by atoms with van der Waals surface area (Å²) < 4.78 is 6.21. The zero-order chi connectivity index (χ0) is 26.6. The van der Waals surface area contributed by atoms with Crippen LogP contribution in [0.4, 0.5) is 0 Å². The fourth-order valence-corrected chi connectivity index (χ4v) is 4.04. The van der Waals surface area contributed by atoms with Gasteiger partial charge in [0.05, 0.1) is 0 Å². The SMILES string of the molecule is CN(C)CCCCNC(=N)c1cccc(-c2ccc(-c3cccc(C(=N)NCCCCN(C)C)c3)o2)c1. The third kappa shape index (κ3) is 9.19. The lowest BCUT2D eigenvalue weighted by molar-refractivity contribution is 0.394. The third-order valence-electron chi connectivity index (χ3n) is 6.15. The summed E-state index contributed by atoms with van der Waals surface area (Å²) in [5.41, 5.74) is 3.56. The molecule has 0 saturated heterocycles. The molecule has 1 aromatic heterocycles. The predicted molar refractivity (Wildman–Crippen MR) is 155 cm³/mol. The van der Waals surface area contributed by atoms with Gasteiger partial charge < -0.3 is 24.9 Å². The van der Waals surface area contributed by atoms with Crippen LogP contribution in [0.3, 0.4) is 0 Å². The average molecular weight is 503 g/mol. The van der Waals surface area contributed by atoms with Crippen LogP contribution in [0.2, 0.25) is 0 Å². The van der Waals surface area contributed by atoms with Crippen LogP contribution in [-0.4, -0.2) is 75.8 Å². The standard InChI is InChI=1S/C30H42N6O/c1-35(2)19-7-5-17-33-29(31)25-13-9-11-23(21-25)27-15-16-28(37-27)24-12-10-14-26(22-24)30(32)34-18-6-8-20-36(3)4/h9-16,21-22H,5-8,17-20H2,1-4H3,(H2,31,33)(H2,32,34). The van der Waals surface area contributed by atoms with E-state index in [1.807, 2.05) is 60.7 Å². The smallest absolute Gasteiger partial charge is 0.134 e. The quantitative estimate of drug-likeness (QED) is 0.139. The first-order chi connectivity index (χ1) is 17.8. The summed E-state index contributed by atoms with van der Waals surface area (Å²) >= 11 is 0. The first kappa shape index (κ1) is 28.2. The number of amidine groups is 2. The second-order valence-electron chi connectivity index (χ2n) is 9.95. The number of furan rings is 1. The molecule has 0 fully saturated rings. The summed E-state index contributed by atoms with van der Waals surface area (Å²) in [7, 11) is 8.32. The van der Waals surface area contributed by atoms with Gasteiger partial charge in [-0.05, 0) is 91.2 Å². The number of unbranched alkanes of at least 4 members (excludes halogenated alkanes) is 2. The molecule has 0 aliphatic rings. The van der Waals surface area contributed by atoms with E-state index in [2.05, 4.69) is 48.6 Å². The Morgan fingerprint density at radius 3 is 1.49 bits per heavy atom. The van der Waals surface area contributed by atoms with Gasteiger partial charge in [-0.2, -0.15) is 0 Å². The van der Waals surface area contributed by atoms with Gasteiger partial charge in [0.1, 0.15) is 23.2 Å². The van der Waals surface area contributed by atoms with E-state index in [0.717, 1.165) is 85.6 Å². The highest BCUT2D eigenvalue weighted by Crippen LogP contribution is 2.29. The Morgan fingerprint density at radius 1 is 0.649 bits per heavy atom. The van der Waals surface area contributed by atoms with Crippen LogP contribution in [-0.2, 0) is 0 Å². The van der Waals surface area contributed by atoms with Gasteiger partial charge in [-0.15, -0.1) is 0 Å². The summed E-state index contributed by atoms with van der Waals surface area (Å²) in [5.74, 6) is 2.38. The van der Waals surface area contributed by atoms with Crippen molar-refractivity contribution >= 4 is 11.7 Å². The van der Waals surface area contributed by atoms with E-state index in [9.17, 15) is 0 Å². The Morgan fingerprint density at radius 2 is 1.08 bits per heavy atom. The van der Waals surface area contributed by atoms with Crippen molar-refractivity contribution in [3.8, 4) is 22.6 Å². The van der Waals surface area contributed by atoms with E-state index in [-0.39, 0.29) is 0 Å². The Labute approximate surface area is 221 Å². The number of hydrogen-bond donors (Lipinski definition) is 4. The van der Waals surface area contributed by atoms with Crippen LogP contribution in [0.15, 0.2) is 65.1 Å². The maximum Gasteiger partial charge on any atom is 0.134 e. The average Bonchev–Trinajstić information content (AvgIpc) is 3.38. The first-order valence-corrected chi connectivity index (χ1v) is 13.1. The van der Waals surface area contributed by atoms with Crippen molar-refractivity contribution in [2.75, 3.05) is 54.4 Å². The third-order valence-corrected chi connectivity index (χ3v) is 6.15. The van der Waals surface area contributed by atoms with Gasteiger partial charge in [0, 0.05) is 35.3 Å². The maximum absolute atomic E-state index is 8.42. The number of nitrogens with zero attached hydrogens (tertiary/aromatic N) is 2. The van der Waals surface area contributed by atoms with Crippen LogP contribution in [0.25, 0.3) is 22.6 Å². The van der Waals surface area contributed by atoms with Crippen molar-refractivity contribution in [2.45, 2.75) is 25.7 Å². The van der Waals surface area contributed by atoms with Crippen LogP contribution >= 0.6 is 0 Å². The molecular weight excluding hydrogens is 460 g/mol. The van der Waals surface area contributed by atoms with Crippen LogP contribution in [0, 0.1) is 10.8 Å². The summed E-state index contributed by atoms with van der Waals surface area (Å²) in [5, 5.41) is 23.3. The minimum Gasteiger partial charge on any atom is -0.456 e. The van der Waals surface area contributed by atoms with E-state index in [1.165, 1.54) is 0 Å². The minimum absolute atomic E-state index is 0.430. The van der Waals surface area contributed by atoms with Crippen LogP contribution < -0.4 is 10.6 Å². The summed E-state index contributed by atoms with van der Waals surface area (Å²) in [4.78, 5) is 4.36. The lowest BCUT2D eigenvalue weighted by Gasteiger charge is -2.11. The normalized spacial score (nSPS) is 11.2. The Balaban J connectivity index is 1.60. The largest absolute Gasteiger partial charge is 0.456 e. The molecule has 0 radical (unpaired) electrons. The van der Waals surface area contributed by atoms with Crippen molar-refractivity contribution in [1.29, 1.82) is 10.8 Å². The van der Waals surface area contributed by atoms with Crippen molar-refractivity contribution in [3.63, 3.8) is 0 Å². The fourth-order valence-electron chi connectivity index (χ4n) is 4.04. The molecule has 0 unspecified atom stereocenters. The van der Waals surface area contributed by atoms with Gasteiger partial charge in [0.2, 0.25) is 0 Å². The molecule has 0 spiro atoms. The van der Waals surface area contributed by atoms with Gasteiger partial charge >= 0.3 is 0 Å². The molecule has 7 heteroatoms. The van der Waals surface area contributed by atoms with Crippen molar-refractivity contribution in [3.05, 3.63) is 71.8 Å². The van der Waals surface area contributed by atoms with Crippen molar-refractivity contribution in [1.82, 2.24) is 20.4 Å². The van der Waals surface area contributed by atoms with E-state index in [4.69, 9.17) is 15.2 Å². The van der Waals surface area contributed by atoms with E-state index >= 15 is 0 Å². The summed E-state index contributed by atoms with van der Waals surface area (Å²) in [6, 6.07) is 19.7. The molecule has 0 aliphatic carbocycles. The second-order valence-corrected chi connectivity index (χ2v) is 9.95. The molecular formula is C30H42N6O. The van der Waals surface area contributed by atoms with Gasteiger partial charge in [-0.25, -0.2) is 0 Å². The van der Waals surface area contributed by atoms with Crippen molar-refractivity contribution in [2.24, 2.45) is 0 Å². The molecule has 198 valence electrons. The maximum atomic E-state index is 8.42. The topological polar surface area (TPSA) is 91.4 Å². The minimum atomic E-state index is 0.430. The molecule has 0 bridgehead atoms. The molecule has 0 atom stereocenters. The fraction of sp³-hybridized carbons (Fsp3) is 0.400. The van der Waals surface area contributed by atoms with Crippen LogP contribution in [0.5, 0.6) is 0 Å². The monoisotopic (exact) mass is 502 g/mol. The number of hydrogen-bond acceptors (Lipinski definition) is 5. The zero-order valence-electron chi connectivity index (χ0n) is 22.7. The predicted octanol–water partition coefficient (Wildman–Crippen LogP) is 5.13. The zero-order valence-corrected chi connectivity index (χ0v) is 22.7. The molecule has 37 heavy (non-hydrogen) atoms. The molecule has 0 saturated carbocycles.